The van der Waals surface area contributed by atoms with Gasteiger partial charge in [-0.15, -0.1) is 0 Å². The summed E-state index contributed by atoms with van der Waals surface area (Å²) in [5.41, 5.74) is -0.529. The lowest BCUT2D eigenvalue weighted by Gasteiger charge is -2.04. The Hall–Kier alpha value is -0.710. The average Bonchev–Trinajstić information content (AvgIpc) is 2.65. The van der Waals surface area contributed by atoms with Crippen molar-refractivity contribution in [3.63, 3.8) is 0 Å². The molecule has 1 fully saturated rings. The van der Waals surface area contributed by atoms with Crippen LogP contribution in [0.2, 0.25) is 0 Å². The van der Waals surface area contributed by atoms with Gasteiger partial charge in [-0.2, -0.15) is 13.2 Å². The summed E-state index contributed by atoms with van der Waals surface area (Å²) in [6.07, 6.45) is -3.66. The SMILES string of the molecule is COC(=O)[C@@H]1[C@H](C=C(Cl)C(F)(F)F)C1(C)C. The number of carbonyl (C=O) groups is 1. The van der Waals surface area contributed by atoms with E-state index >= 15 is 0 Å². The molecule has 0 spiro atoms. The molecule has 0 aliphatic heterocycles. The zero-order valence-corrected chi connectivity index (χ0v) is 9.82. The first kappa shape index (κ1) is 13.4. The van der Waals surface area contributed by atoms with E-state index in [1.165, 1.54) is 7.11 Å². The molecular formula is C10H12ClF3O2. The molecule has 1 rings (SSSR count). The Morgan fingerprint density at radius 2 is 1.94 bits per heavy atom. The zero-order chi connectivity index (χ0) is 12.7. The highest BCUT2D eigenvalue weighted by molar-refractivity contribution is 6.30. The number of halogens is 4. The van der Waals surface area contributed by atoms with Gasteiger partial charge in [0.1, 0.15) is 5.03 Å². The van der Waals surface area contributed by atoms with Crippen molar-refractivity contribution >= 4 is 17.6 Å². The fraction of sp³-hybridized carbons (Fsp3) is 0.700. The molecule has 0 heterocycles. The van der Waals surface area contributed by atoms with Crippen LogP contribution in [0, 0.1) is 17.3 Å². The largest absolute Gasteiger partial charge is 0.469 e. The second-order valence-electron chi connectivity index (χ2n) is 4.36. The van der Waals surface area contributed by atoms with Crippen molar-refractivity contribution in [1.82, 2.24) is 0 Å². The second-order valence-corrected chi connectivity index (χ2v) is 4.77. The van der Waals surface area contributed by atoms with Crippen LogP contribution in [-0.4, -0.2) is 19.3 Å². The van der Waals surface area contributed by atoms with Gasteiger partial charge in [0.05, 0.1) is 13.0 Å². The fourth-order valence-electron chi connectivity index (χ4n) is 1.82. The van der Waals surface area contributed by atoms with Gasteiger partial charge in [0.2, 0.25) is 0 Å². The third-order valence-corrected chi connectivity index (χ3v) is 3.30. The molecule has 0 unspecified atom stereocenters. The summed E-state index contributed by atoms with van der Waals surface area (Å²) in [4.78, 5) is 11.3. The van der Waals surface area contributed by atoms with Crippen LogP contribution in [0.25, 0.3) is 0 Å². The lowest BCUT2D eigenvalue weighted by atomic mass is 10.1. The topological polar surface area (TPSA) is 26.3 Å². The third kappa shape index (κ3) is 2.34. The highest BCUT2D eigenvalue weighted by Gasteiger charge is 2.62. The van der Waals surface area contributed by atoms with Crippen molar-refractivity contribution in [2.45, 2.75) is 20.0 Å². The molecule has 0 saturated heterocycles. The summed E-state index contributed by atoms with van der Waals surface area (Å²) in [7, 11) is 1.21. The number of rotatable bonds is 2. The monoisotopic (exact) mass is 256 g/mol. The van der Waals surface area contributed by atoms with E-state index in [-0.39, 0.29) is 0 Å². The Labute approximate surface area is 96.4 Å². The van der Waals surface area contributed by atoms with Crippen LogP contribution >= 0.6 is 11.6 Å². The third-order valence-electron chi connectivity index (χ3n) is 2.96. The van der Waals surface area contributed by atoms with Gasteiger partial charge in [-0.05, 0) is 11.3 Å². The van der Waals surface area contributed by atoms with E-state index in [1.54, 1.807) is 13.8 Å². The summed E-state index contributed by atoms with van der Waals surface area (Å²) in [5, 5.41) is -1.18. The number of methoxy groups -OCH3 is 1. The van der Waals surface area contributed by atoms with Gasteiger partial charge >= 0.3 is 12.1 Å². The maximum Gasteiger partial charge on any atom is 0.426 e. The smallest absolute Gasteiger partial charge is 0.426 e. The molecular weight excluding hydrogens is 245 g/mol. The maximum atomic E-state index is 12.2. The van der Waals surface area contributed by atoms with E-state index in [4.69, 9.17) is 11.6 Å². The van der Waals surface area contributed by atoms with E-state index in [2.05, 4.69) is 4.74 Å². The fourth-order valence-corrected chi connectivity index (χ4v) is 1.95. The molecule has 0 aromatic carbocycles. The van der Waals surface area contributed by atoms with Crippen molar-refractivity contribution in [3.05, 3.63) is 11.1 Å². The summed E-state index contributed by atoms with van der Waals surface area (Å²) >= 11 is 5.12. The minimum Gasteiger partial charge on any atom is -0.469 e. The number of hydrogen-bond donors (Lipinski definition) is 0. The molecule has 0 N–H and O–H groups in total. The number of alkyl halides is 3. The first-order valence-corrected chi connectivity index (χ1v) is 5.02. The van der Waals surface area contributed by atoms with Gasteiger partial charge < -0.3 is 4.74 Å². The van der Waals surface area contributed by atoms with Crippen LogP contribution < -0.4 is 0 Å². The normalized spacial score (nSPS) is 28.8. The summed E-state index contributed by atoms with van der Waals surface area (Å²) < 4.78 is 41.1. The Morgan fingerprint density at radius 3 is 2.31 bits per heavy atom. The first-order chi connectivity index (χ1) is 7.12. The number of hydrogen-bond acceptors (Lipinski definition) is 2. The molecule has 1 aliphatic carbocycles. The molecule has 0 amide bonds. The summed E-state index contributed by atoms with van der Waals surface area (Å²) in [6, 6.07) is 0. The van der Waals surface area contributed by atoms with Crippen molar-refractivity contribution in [3.8, 4) is 0 Å². The molecule has 1 aliphatic rings. The highest BCUT2D eigenvalue weighted by Crippen LogP contribution is 2.60. The molecule has 0 aromatic heterocycles. The highest BCUT2D eigenvalue weighted by atomic mass is 35.5. The van der Waals surface area contributed by atoms with Gasteiger partial charge in [-0.25, -0.2) is 0 Å². The van der Waals surface area contributed by atoms with Gasteiger partial charge in [-0.3, -0.25) is 4.79 Å². The van der Waals surface area contributed by atoms with Crippen LogP contribution in [-0.2, 0) is 9.53 Å². The predicted molar refractivity (Wildman–Crippen MR) is 52.8 cm³/mol. The lowest BCUT2D eigenvalue weighted by molar-refractivity contribution is -0.143. The lowest BCUT2D eigenvalue weighted by Crippen LogP contribution is -2.08. The average molecular weight is 257 g/mol. The number of esters is 1. The van der Waals surface area contributed by atoms with Gasteiger partial charge in [0, 0.05) is 0 Å². The van der Waals surface area contributed by atoms with Crippen LogP contribution in [0.5, 0.6) is 0 Å². The number of allylic oxidation sites excluding steroid dienone is 2. The quantitative estimate of drug-likeness (QED) is 0.710. The first-order valence-electron chi connectivity index (χ1n) is 4.64. The Morgan fingerprint density at radius 1 is 1.44 bits per heavy atom. The van der Waals surface area contributed by atoms with Gasteiger partial charge in [0.15, 0.2) is 0 Å². The zero-order valence-electron chi connectivity index (χ0n) is 9.06. The van der Waals surface area contributed by atoms with Crippen LogP contribution in [0.3, 0.4) is 0 Å². The van der Waals surface area contributed by atoms with Gasteiger partial charge in [0.25, 0.3) is 0 Å². The Kier molecular flexibility index (Phi) is 3.29. The minimum atomic E-state index is -4.55. The predicted octanol–water partition coefficient (Wildman–Crippen LogP) is 3.12. The van der Waals surface area contributed by atoms with Crippen LogP contribution in [0.1, 0.15) is 13.8 Å². The van der Waals surface area contributed by atoms with E-state index in [1.807, 2.05) is 0 Å². The summed E-state index contributed by atoms with van der Waals surface area (Å²) in [5.74, 6) is -1.57. The molecule has 2 atom stereocenters. The van der Waals surface area contributed by atoms with Crippen molar-refractivity contribution in [2.75, 3.05) is 7.11 Å². The van der Waals surface area contributed by atoms with Crippen molar-refractivity contribution in [1.29, 1.82) is 0 Å². The van der Waals surface area contributed by atoms with E-state index < -0.39 is 34.4 Å². The molecule has 0 bridgehead atoms. The summed E-state index contributed by atoms with van der Waals surface area (Å²) in [6.45, 7) is 3.41. The Balaban J connectivity index is 2.83. The number of carbonyl (C=O) groups excluding carboxylic acids is 1. The Bertz CT molecular complexity index is 333. The maximum absolute atomic E-state index is 12.2. The second kappa shape index (κ2) is 3.95. The molecule has 2 nitrogen and oxygen atoms in total. The van der Waals surface area contributed by atoms with Crippen molar-refractivity contribution in [2.24, 2.45) is 17.3 Å². The van der Waals surface area contributed by atoms with Gasteiger partial charge in [-0.1, -0.05) is 31.5 Å². The molecule has 16 heavy (non-hydrogen) atoms. The van der Waals surface area contributed by atoms with E-state index in [9.17, 15) is 18.0 Å². The molecule has 0 radical (unpaired) electrons. The van der Waals surface area contributed by atoms with Crippen LogP contribution in [0.4, 0.5) is 13.2 Å². The molecule has 92 valence electrons. The molecule has 1 saturated carbocycles. The minimum absolute atomic E-state index is 0.502. The van der Waals surface area contributed by atoms with E-state index in [0.717, 1.165) is 6.08 Å². The van der Waals surface area contributed by atoms with E-state index in [0.29, 0.717) is 0 Å². The van der Waals surface area contributed by atoms with Crippen LogP contribution in [0.15, 0.2) is 11.1 Å². The number of ether oxygens (including phenoxy) is 1. The standard InChI is InChI=1S/C10H12ClF3O2/c1-9(2)5(7(9)8(15)16-3)4-6(11)10(12,13)14/h4-5,7H,1-3H3/t5-,7-/m0/s1. The van der Waals surface area contributed by atoms with Crippen molar-refractivity contribution < 1.29 is 22.7 Å². The molecule has 0 aromatic rings. The molecule has 6 heteroatoms.